The summed E-state index contributed by atoms with van der Waals surface area (Å²) in [7, 11) is 0. The second-order valence-electron chi connectivity index (χ2n) is 6.27. The highest BCUT2D eigenvalue weighted by Crippen LogP contribution is 2.29. The van der Waals surface area contributed by atoms with Gasteiger partial charge in [0.15, 0.2) is 0 Å². The molecule has 0 saturated carbocycles. The normalized spacial score (nSPS) is 16.6. The van der Waals surface area contributed by atoms with E-state index >= 15 is 0 Å². The van der Waals surface area contributed by atoms with E-state index in [4.69, 9.17) is 17.3 Å². The summed E-state index contributed by atoms with van der Waals surface area (Å²) in [6, 6.07) is 11.7. The van der Waals surface area contributed by atoms with Gasteiger partial charge in [0, 0.05) is 34.9 Å². The van der Waals surface area contributed by atoms with Gasteiger partial charge in [-0.1, -0.05) is 17.7 Å². The van der Waals surface area contributed by atoms with Crippen molar-refractivity contribution in [2.45, 2.75) is 13.3 Å². The Labute approximate surface area is 155 Å². The van der Waals surface area contributed by atoms with Gasteiger partial charge < -0.3 is 16.0 Å². The van der Waals surface area contributed by atoms with Gasteiger partial charge in [-0.15, -0.1) is 0 Å². The van der Waals surface area contributed by atoms with Crippen molar-refractivity contribution in [3.05, 3.63) is 58.6 Å². The summed E-state index contributed by atoms with van der Waals surface area (Å²) in [4.78, 5) is 37.4. The maximum atomic E-state index is 12.5. The van der Waals surface area contributed by atoms with Crippen LogP contribution in [-0.2, 0) is 9.59 Å². The van der Waals surface area contributed by atoms with Gasteiger partial charge in [0.05, 0.1) is 5.92 Å². The molecule has 1 fully saturated rings. The summed E-state index contributed by atoms with van der Waals surface area (Å²) < 4.78 is 0. The van der Waals surface area contributed by atoms with Crippen molar-refractivity contribution in [2.24, 2.45) is 11.7 Å². The third-order valence-electron chi connectivity index (χ3n) is 4.40. The summed E-state index contributed by atoms with van der Waals surface area (Å²) in [6.07, 6.45) is 0.136. The molecule has 0 aromatic heterocycles. The number of carbonyl (C=O) groups is 3. The minimum Gasteiger partial charge on any atom is -0.366 e. The van der Waals surface area contributed by atoms with Gasteiger partial charge in [-0.25, -0.2) is 0 Å². The zero-order chi connectivity index (χ0) is 18.8. The van der Waals surface area contributed by atoms with Crippen LogP contribution in [0.4, 0.5) is 11.4 Å². The summed E-state index contributed by atoms with van der Waals surface area (Å²) >= 11 is 6.13. The third kappa shape index (κ3) is 3.70. The lowest BCUT2D eigenvalue weighted by Crippen LogP contribution is -2.28. The Balaban J connectivity index is 1.68. The second-order valence-corrected chi connectivity index (χ2v) is 6.68. The van der Waals surface area contributed by atoms with Gasteiger partial charge in [-0.05, 0) is 48.9 Å². The number of nitrogens with two attached hydrogens (primary N) is 1. The van der Waals surface area contributed by atoms with Crippen LogP contribution in [0.5, 0.6) is 0 Å². The Bertz CT molecular complexity index is 880. The monoisotopic (exact) mass is 371 g/mol. The smallest absolute Gasteiger partial charge is 0.248 e. The van der Waals surface area contributed by atoms with Crippen molar-refractivity contribution in [2.75, 3.05) is 16.8 Å². The molecule has 3 rings (SSSR count). The van der Waals surface area contributed by atoms with Gasteiger partial charge >= 0.3 is 0 Å². The number of halogens is 1. The van der Waals surface area contributed by atoms with Crippen molar-refractivity contribution < 1.29 is 14.4 Å². The number of hydrogen-bond donors (Lipinski definition) is 2. The van der Waals surface area contributed by atoms with Crippen molar-refractivity contribution in [3.63, 3.8) is 0 Å². The lowest BCUT2D eigenvalue weighted by atomic mass is 10.1. The minimum atomic E-state index is -0.531. The van der Waals surface area contributed by atoms with E-state index in [-0.39, 0.29) is 18.2 Å². The number of nitrogens with zero attached hydrogens (tertiary/aromatic N) is 1. The first kappa shape index (κ1) is 17.9. The van der Waals surface area contributed by atoms with Crippen LogP contribution >= 0.6 is 11.6 Å². The van der Waals surface area contributed by atoms with E-state index in [0.717, 1.165) is 5.56 Å². The molecule has 0 aliphatic carbocycles. The fourth-order valence-electron chi connectivity index (χ4n) is 2.84. The summed E-state index contributed by atoms with van der Waals surface area (Å²) in [5.41, 5.74) is 7.71. The van der Waals surface area contributed by atoms with E-state index in [0.29, 0.717) is 28.5 Å². The fraction of sp³-hybridized carbons (Fsp3) is 0.211. The number of rotatable bonds is 4. The first-order valence-corrected chi connectivity index (χ1v) is 8.50. The molecular formula is C19H18ClN3O3. The van der Waals surface area contributed by atoms with Gasteiger partial charge in [0.25, 0.3) is 0 Å². The van der Waals surface area contributed by atoms with Gasteiger partial charge in [0.1, 0.15) is 0 Å². The molecule has 2 aromatic rings. The van der Waals surface area contributed by atoms with Crippen LogP contribution in [-0.4, -0.2) is 24.3 Å². The largest absolute Gasteiger partial charge is 0.366 e. The second kappa shape index (κ2) is 7.17. The molecule has 3 N–H and O–H groups in total. The summed E-state index contributed by atoms with van der Waals surface area (Å²) in [6.45, 7) is 2.18. The molecule has 6 nitrogen and oxygen atoms in total. The van der Waals surface area contributed by atoms with Gasteiger partial charge in [-0.3, -0.25) is 14.4 Å². The predicted molar refractivity (Wildman–Crippen MR) is 100 cm³/mol. The van der Waals surface area contributed by atoms with Crippen LogP contribution in [0, 0.1) is 12.8 Å². The minimum absolute atomic E-state index is 0.117. The maximum absolute atomic E-state index is 12.5. The number of carbonyl (C=O) groups excluding carboxylic acids is 3. The van der Waals surface area contributed by atoms with Gasteiger partial charge in [-0.2, -0.15) is 0 Å². The molecule has 0 bridgehead atoms. The number of benzene rings is 2. The number of anilines is 2. The number of amides is 3. The third-order valence-corrected chi connectivity index (χ3v) is 4.81. The topological polar surface area (TPSA) is 92.5 Å². The zero-order valence-electron chi connectivity index (χ0n) is 14.2. The Kier molecular flexibility index (Phi) is 4.95. The van der Waals surface area contributed by atoms with Crippen LogP contribution in [0.3, 0.4) is 0 Å². The van der Waals surface area contributed by atoms with E-state index in [2.05, 4.69) is 5.32 Å². The maximum Gasteiger partial charge on any atom is 0.248 e. The van der Waals surface area contributed by atoms with Crippen molar-refractivity contribution >= 4 is 40.7 Å². The average Bonchev–Trinajstić information content (AvgIpc) is 3.00. The summed E-state index contributed by atoms with van der Waals surface area (Å²) in [5.74, 6) is -1.35. The lowest BCUT2D eigenvalue weighted by Gasteiger charge is -2.17. The number of aryl methyl sites for hydroxylation is 1. The van der Waals surface area contributed by atoms with E-state index < -0.39 is 11.8 Å². The van der Waals surface area contributed by atoms with Crippen molar-refractivity contribution in [1.29, 1.82) is 0 Å². The molecule has 134 valence electrons. The van der Waals surface area contributed by atoms with E-state index in [9.17, 15) is 14.4 Å². The Morgan fingerprint density at radius 2 is 1.88 bits per heavy atom. The molecule has 2 aromatic carbocycles. The highest BCUT2D eigenvalue weighted by atomic mass is 35.5. The quantitative estimate of drug-likeness (QED) is 0.865. The lowest BCUT2D eigenvalue weighted by molar-refractivity contribution is -0.122. The Morgan fingerprint density at radius 3 is 2.50 bits per heavy atom. The van der Waals surface area contributed by atoms with E-state index in [1.807, 2.05) is 19.1 Å². The number of primary amides is 1. The van der Waals surface area contributed by atoms with E-state index in [1.165, 1.54) is 0 Å². The van der Waals surface area contributed by atoms with Gasteiger partial charge in [0.2, 0.25) is 17.7 Å². The summed E-state index contributed by atoms with van der Waals surface area (Å²) in [5, 5.41) is 3.35. The molecule has 1 aliphatic rings. The highest BCUT2D eigenvalue weighted by Gasteiger charge is 2.35. The Morgan fingerprint density at radius 1 is 1.19 bits per heavy atom. The molecular weight excluding hydrogens is 354 g/mol. The van der Waals surface area contributed by atoms with Crippen LogP contribution in [0.15, 0.2) is 42.5 Å². The van der Waals surface area contributed by atoms with Crippen molar-refractivity contribution in [3.8, 4) is 0 Å². The van der Waals surface area contributed by atoms with Crippen LogP contribution < -0.4 is 16.0 Å². The van der Waals surface area contributed by atoms with Crippen LogP contribution in [0.2, 0.25) is 5.02 Å². The van der Waals surface area contributed by atoms with Crippen molar-refractivity contribution in [1.82, 2.24) is 0 Å². The highest BCUT2D eigenvalue weighted by molar-refractivity contribution is 6.31. The Hall–Kier alpha value is -2.86. The molecule has 1 aliphatic heterocycles. The molecule has 1 heterocycles. The first-order valence-electron chi connectivity index (χ1n) is 8.12. The molecule has 1 atom stereocenters. The first-order chi connectivity index (χ1) is 12.3. The van der Waals surface area contributed by atoms with E-state index in [1.54, 1.807) is 35.2 Å². The molecule has 0 radical (unpaired) electrons. The molecule has 7 heteroatoms. The molecule has 1 saturated heterocycles. The number of hydrogen-bond acceptors (Lipinski definition) is 3. The number of nitrogens with one attached hydrogen (secondary N) is 1. The molecule has 26 heavy (non-hydrogen) atoms. The van der Waals surface area contributed by atoms with Crippen LogP contribution in [0.25, 0.3) is 0 Å². The SMILES string of the molecule is Cc1ccc(N2CC(C(=O)Nc3ccc(C(N)=O)cc3)CC2=O)cc1Cl. The van der Waals surface area contributed by atoms with Crippen LogP contribution in [0.1, 0.15) is 22.3 Å². The predicted octanol–water partition coefficient (Wildman–Crippen LogP) is 2.74. The fourth-order valence-corrected chi connectivity index (χ4v) is 3.02. The average molecular weight is 372 g/mol. The molecule has 0 spiro atoms. The molecule has 3 amide bonds. The molecule has 1 unspecified atom stereocenters. The zero-order valence-corrected chi connectivity index (χ0v) is 14.9. The standard InChI is InChI=1S/C19H18ClN3O3/c1-11-2-7-15(9-16(11)20)23-10-13(8-17(23)24)19(26)22-14-5-3-12(4-6-14)18(21)25/h2-7,9,13H,8,10H2,1H3,(H2,21,25)(H,22,26).